The summed E-state index contributed by atoms with van der Waals surface area (Å²) in [5, 5.41) is 4.29. The molecule has 2 atom stereocenters. The zero-order valence-electron chi connectivity index (χ0n) is 13.6. The van der Waals surface area contributed by atoms with E-state index in [0.717, 1.165) is 25.7 Å². The monoisotopic (exact) mass is 342 g/mol. The van der Waals surface area contributed by atoms with Gasteiger partial charge >= 0.3 is 0 Å². The molecule has 7 nitrogen and oxygen atoms in total. The number of nitrogens with zero attached hydrogens (tertiary/aromatic N) is 3. The molecule has 1 aromatic heterocycles. The quantitative estimate of drug-likeness (QED) is 0.881. The number of ether oxygens (including phenoxy) is 1. The zero-order chi connectivity index (χ0) is 16.4. The van der Waals surface area contributed by atoms with Gasteiger partial charge in [0.2, 0.25) is 10.0 Å². The lowest BCUT2D eigenvalue weighted by Crippen LogP contribution is -2.51. The summed E-state index contributed by atoms with van der Waals surface area (Å²) in [6.07, 6.45) is 6.77. The maximum absolute atomic E-state index is 13.0. The van der Waals surface area contributed by atoms with E-state index in [1.54, 1.807) is 15.2 Å². The van der Waals surface area contributed by atoms with Crippen molar-refractivity contribution in [1.29, 1.82) is 0 Å². The molecule has 3 heterocycles. The first-order chi connectivity index (χ1) is 11.0. The van der Waals surface area contributed by atoms with Gasteiger partial charge in [0.05, 0.1) is 12.2 Å². The van der Waals surface area contributed by atoms with E-state index < -0.39 is 10.0 Å². The summed E-state index contributed by atoms with van der Waals surface area (Å²) in [6.45, 7) is 4.37. The highest BCUT2D eigenvalue weighted by Crippen LogP contribution is 2.29. The third-order valence-electron chi connectivity index (χ3n) is 5.06. The average molecular weight is 342 g/mol. The zero-order valence-corrected chi connectivity index (χ0v) is 14.4. The van der Waals surface area contributed by atoms with Gasteiger partial charge in [0, 0.05) is 38.5 Å². The number of hydrogen-bond acceptors (Lipinski definition) is 5. The molecule has 0 unspecified atom stereocenters. The van der Waals surface area contributed by atoms with E-state index in [1.165, 1.54) is 6.20 Å². The van der Waals surface area contributed by atoms with Crippen LogP contribution in [0.15, 0.2) is 17.3 Å². The van der Waals surface area contributed by atoms with Crippen LogP contribution in [0.2, 0.25) is 0 Å². The second-order valence-corrected chi connectivity index (χ2v) is 8.43. The summed E-state index contributed by atoms with van der Waals surface area (Å²) >= 11 is 0. The Hall–Kier alpha value is -0.960. The van der Waals surface area contributed by atoms with Crippen LogP contribution in [0.4, 0.5) is 0 Å². The molecular formula is C15H26N4O3S. The Morgan fingerprint density at radius 1 is 1.35 bits per heavy atom. The molecule has 0 bridgehead atoms. The minimum atomic E-state index is -3.54. The van der Waals surface area contributed by atoms with Gasteiger partial charge in [-0.2, -0.15) is 9.40 Å². The van der Waals surface area contributed by atoms with E-state index >= 15 is 0 Å². The molecular weight excluding hydrogens is 316 g/mol. The molecule has 2 N–H and O–H groups in total. The highest BCUT2D eigenvalue weighted by atomic mass is 32.2. The lowest BCUT2D eigenvalue weighted by atomic mass is 9.93. The predicted molar refractivity (Wildman–Crippen MR) is 86.4 cm³/mol. The van der Waals surface area contributed by atoms with E-state index in [0.29, 0.717) is 26.3 Å². The summed E-state index contributed by atoms with van der Waals surface area (Å²) in [6, 6.07) is 0.0958. The third kappa shape index (κ3) is 3.31. The summed E-state index contributed by atoms with van der Waals surface area (Å²) in [4.78, 5) is 0.275. The highest BCUT2D eigenvalue weighted by Gasteiger charge is 2.37. The molecule has 23 heavy (non-hydrogen) atoms. The smallest absolute Gasteiger partial charge is 0.246 e. The number of piperidine rings is 1. The van der Waals surface area contributed by atoms with Crippen molar-refractivity contribution in [3.63, 3.8) is 0 Å². The minimum absolute atomic E-state index is 0.125. The number of nitrogens with two attached hydrogens (primary N) is 1. The Bertz CT molecular complexity index is 624. The largest absolute Gasteiger partial charge is 0.381 e. The standard InChI is InChI=1S/C15H26N4O3S/c1-12-3-2-6-19(15(12)9-16)23(20,21)14-10-17-18(11-14)13-4-7-22-8-5-13/h10-13,15H,2-9,16H2,1H3/t12-,15-/m1/s1. The van der Waals surface area contributed by atoms with Crippen molar-refractivity contribution >= 4 is 10.0 Å². The van der Waals surface area contributed by atoms with Crippen molar-refractivity contribution in [2.24, 2.45) is 11.7 Å². The molecule has 2 fully saturated rings. The topological polar surface area (TPSA) is 90.5 Å². The molecule has 0 saturated carbocycles. The Kier molecular flexibility index (Phi) is 5.05. The van der Waals surface area contributed by atoms with Crippen LogP contribution < -0.4 is 5.73 Å². The molecule has 130 valence electrons. The first-order valence-electron chi connectivity index (χ1n) is 8.38. The SMILES string of the molecule is C[C@@H]1CCCN(S(=O)(=O)c2cnn(C3CCOCC3)c2)[C@@H]1CN. The average Bonchev–Trinajstić information content (AvgIpc) is 3.06. The van der Waals surface area contributed by atoms with Crippen LogP contribution in [-0.4, -0.2) is 54.8 Å². The number of sulfonamides is 1. The minimum Gasteiger partial charge on any atom is -0.381 e. The van der Waals surface area contributed by atoms with Gasteiger partial charge in [-0.15, -0.1) is 0 Å². The van der Waals surface area contributed by atoms with E-state index in [9.17, 15) is 8.42 Å². The van der Waals surface area contributed by atoms with Crippen LogP contribution >= 0.6 is 0 Å². The van der Waals surface area contributed by atoms with E-state index in [1.807, 2.05) is 0 Å². The Labute approximate surface area is 137 Å². The van der Waals surface area contributed by atoms with Gasteiger partial charge in [-0.25, -0.2) is 8.42 Å². The number of hydrogen-bond donors (Lipinski definition) is 1. The van der Waals surface area contributed by atoms with Gasteiger partial charge in [0.15, 0.2) is 0 Å². The van der Waals surface area contributed by atoms with Crippen molar-refractivity contribution in [2.75, 3.05) is 26.3 Å². The molecule has 1 aromatic rings. The highest BCUT2D eigenvalue weighted by molar-refractivity contribution is 7.89. The Balaban J connectivity index is 1.83. The van der Waals surface area contributed by atoms with Crippen LogP contribution in [0.1, 0.15) is 38.6 Å². The first kappa shape index (κ1) is 16.9. The molecule has 0 spiro atoms. The molecule has 2 aliphatic rings. The second kappa shape index (κ2) is 6.88. The predicted octanol–water partition coefficient (Wildman–Crippen LogP) is 0.983. The van der Waals surface area contributed by atoms with Gasteiger partial charge in [-0.1, -0.05) is 6.92 Å². The van der Waals surface area contributed by atoms with Crippen molar-refractivity contribution in [1.82, 2.24) is 14.1 Å². The van der Waals surface area contributed by atoms with Crippen LogP contribution in [0.5, 0.6) is 0 Å². The summed E-state index contributed by atoms with van der Waals surface area (Å²) in [5.41, 5.74) is 5.84. The van der Waals surface area contributed by atoms with Gasteiger partial charge in [0.25, 0.3) is 0 Å². The lowest BCUT2D eigenvalue weighted by molar-refractivity contribution is 0.0662. The fourth-order valence-electron chi connectivity index (χ4n) is 3.60. The van der Waals surface area contributed by atoms with Crippen molar-refractivity contribution in [3.8, 4) is 0 Å². The summed E-state index contributed by atoms with van der Waals surface area (Å²) in [5.74, 6) is 0.286. The van der Waals surface area contributed by atoms with Gasteiger partial charge in [0.1, 0.15) is 4.90 Å². The number of aromatic nitrogens is 2. The lowest BCUT2D eigenvalue weighted by Gasteiger charge is -2.38. The van der Waals surface area contributed by atoms with Gasteiger partial charge in [-0.05, 0) is 31.6 Å². The van der Waals surface area contributed by atoms with Gasteiger partial charge in [-0.3, -0.25) is 4.68 Å². The molecule has 0 amide bonds. The van der Waals surface area contributed by atoms with Crippen molar-refractivity contribution in [3.05, 3.63) is 12.4 Å². The van der Waals surface area contributed by atoms with E-state index in [-0.39, 0.29) is 22.9 Å². The third-order valence-corrected chi connectivity index (χ3v) is 6.93. The summed E-state index contributed by atoms with van der Waals surface area (Å²) in [7, 11) is -3.54. The maximum atomic E-state index is 13.0. The van der Waals surface area contributed by atoms with Crippen LogP contribution in [0.3, 0.4) is 0 Å². The molecule has 0 radical (unpaired) electrons. The van der Waals surface area contributed by atoms with E-state index in [2.05, 4.69) is 12.0 Å². The van der Waals surface area contributed by atoms with Gasteiger partial charge < -0.3 is 10.5 Å². The fourth-order valence-corrected chi connectivity index (χ4v) is 5.31. The summed E-state index contributed by atoms with van der Waals surface area (Å²) < 4.78 is 34.7. The van der Waals surface area contributed by atoms with Crippen molar-refractivity contribution in [2.45, 2.75) is 49.6 Å². The molecule has 0 aliphatic carbocycles. The molecule has 2 aliphatic heterocycles. The number of rotatable bonds is 4. The Morgan fingerprint density at radius 2 is 2.09 bits per heavy atom. The van der Waals surface area contributed by atoms with Crippen LogP contribution in [-0.2, 0) is 14.8 Å². The van der Waals surface area contributed by atoms with Crippen LogP contribution in [0.25, 0.3) is 0 Å². The molecule has 2 saturated heterocycles. The maximum Gasteiger partial charge on any atom is 0.246 e. The normalized spacial score (nSPS) is 28.1. The van der Waals surface area contributed by atoms with E-state index in [4.69, 9.17) is 10.5 Å². The Morgan fingerprint density at radius 3 is 2.78 bits per heavy atom. The first-order valence-corrected chi connectivity index (χ1v) is 9.82. The van der Waals surface area contributed by atoms with Crippen LogP contribution in [0, 0.1) is 5.92 Å². The fraction of sp³-hybridized carbons (Fsp3) is 0.800. The second-order valence-electron chi connectivity index (χ2n) is 6.54. The molecule has 0 aromatic carbocycles. The van der Waals surface area contributed by atoms with Crippen molar-refractivity contribution < 1.29 is 13.2 Å². The molecule has 3 rings (SSSR count). The molecule has 8 heteroatoms.